The van der Waals surface area contributed by atoms with Crippen molar-refractivity contribution in [1.82, 2.24) is 0 Å². The summed E-state index contributed by atoms with van der Waals surface area (Å²) in [5, 5.41) is 11.7. The summed E-state index contributed by atoms with van der Waals surface area (Å²) in [7, 11) is 0. The molecule has 0 amide bonds. The molecule has 0 heterocycles. The molecule has 1 aromatic carbocycles. The van der Waals surface area contributed by atoms with Crippen LogP contribution in [-0.2, 0) is 0 Å². The Balaban J connectivity index is 2.80. The first kappa shape index (κ1) is 9.16. The van der Waals surface area contributed by atoms with E-state index in [2.05, 4.69) is 17.3 Å². The van der Waals surface area contributed by atoms with E-state index in [0.717, 1.165) is 5.69 Å². The number of hydrogen-bond donors (Lipinski definition) is 1. The minimum Gasteiger partial charge on any atom is -0.372 e. The van der Waals surface area contributed by atoms with Crippen molar-refractivity contribution >= 4 is 5.69 Å². The van der Waals surface area contributed by atoms with Crippen molar-refractivity contribution in [3.05, 3.63) is 29.8 Å². The van der Waals surface area contributed by atoms with Crippen LogP contribution in [0.15, 0.2) is 24.3 Å². The Morgan fingerprint density at radius 1 is 1.54 bits per heavy atom. The van der Waals surface area contributed by atoms with Gasteiger partial charge >= 0.3 is 0 Å². The second kappa shape index (κ2) is 4.18. The molecule has 1 aromatic rings. The van der Waals surface area contributed by atoms with Crippen LogP contribution in [0.1, 0.15) is 12.5 Å². The average Bonchev–Trinajstić information content (AvgIpc) is 2.18. The Hall–Kier alpha value is -1.93. The molecule has 2 nitrogen and oxygen atoms in total. The van der Waals surface area contributed by atoms with Crippen molar-refractivity contribution in [1.29, 1.82) is 5.26 Å². The van der Waals surface area contributed by atoms with Crippen LogP contribution < -0.4 is 5.32 Å². The average molecular weight is 170 g/mol. The molecule has 0 aromatic heterocycles. The van der Waals surface area contributed by atoms with Crippen LogP contribution in [0.4, 0.5) is 5.69 Å². The van der Waals surface area contributed by atoms with E-state index in [4.69, 9.17) is 11.7 Å². The van der Waals surface area contributed by atoms with Gasteiger partial charge in [0.05, 0.1) is 17.7 Å². The standard InChI is InChI=1S/C11H10N2/c1-3-9(2)13-11-6-4-5-10(7-11)8-12/h1,4-7,9,13H,2H3. The van der Waals surface area contributed by atoms with Crippen LogP contribution in [0.3, 0.4) is 0 Å². The van der Waals surface area contributed by atoms with E-state index < -0.39 is 0 Å². The van der Waals surface area contributed by atoms with Gasteiger partial charge in [0, 0.05) is 5.69 Å². The molecule has 0 saturated carbocycles. The molecule has 1 unspecified atom stereocenters. The zero-order valence-corrected chi connectivity index (χ0v) is 7.41. The van der Waals surface area contributed by atoms with E-state index in [1.54, 1.807) is 12.1 Å². The largest absolute Gasteiger partial charge is 0.372 e. The number of nitrogens with zero attached hydrogens (tertiary/aromatic N) is 1. The molecule has 0 radical (unpaired) electrons. The summed E-state index contributed by atoms with van der Waals surface area (Å²) in [5.41, 5.74) is 1.51. The maximum Gasteiger partial charge on any atom is 0.0992 e. The van der Waals surface area contributed by atoms with Crippen LogP contribution in [-0.4, -0.2) is 6.04 Å². The van der Waals surface area contributed by atoms with E-state index in [1.165, 1.54) is 0 Å². The van der Waals surface area contributed by atoms with E-state index in [1.807, 2.05) is 19.1 Å². The summed E-state index contributed by atoms with van der Waals surface area (Å²) < 4.78 is 0. The van der Waals surface area contributed by atoms with Gasteiger partial charge in [0.15, 0.2) is 0 Å². The first-order valence-corrected chi connectivity index (χ1v) is 3.99. The normalized spacial score (nSPS) is 11.0. The summed E-state index contributed by atoms with van der Waals surface area (Å²) in [4.78, 5) is 0. The topological polar surface area (TPSA) is 35.8 Å². The second-order valence-corrected chi connectivity index (χ2v) is 2.73. The van der Waals surface area contributed by atoms with E-state index >= 15 is 0 Å². The van der Waals surface area contributed by atoms with Crippen LogP contribution in [0.25, 0.3) is 0 Å². The SMILES string of the molecule is C#CC(C)Nc1cccc(C#N)c1. The van der Waals surface area contributed by atoms with Gasteiger partial charge in [0.25, 0.3) is 0 Å². The van der Waals surface area contributed by atoms with Crippen molar-refractivity contribution in [2.24, 2.45) is 0 Å². The summed E-state index contributed by atoms with van der Waals surface area (Å²) in [6, 6.07) is 9.28. The Bertz CT molecular complexity index is 368. The molecule has 1 atom stereocenters. The van der Waals surface area contributed by atoms with Gasteiger partial charge in [-0.2, -0.15) is 5.26 Å². The Morgan fingerprint density at radius 2 is 2.31 bits per heavy atom. The predicted molar refractivity (Wildman–Crippen MR) is 53.1 cm³/mol. The van der Waals surface area contributed by atoms with E-state index in [-0.39, 0.29) is 6.04 Å². The molecule has 0 fully saturated rings. The van der Waals surface area contributed by atoms with Gasteiger partial charge in [-0.3, -0.25) is 0 Å². The Morgan fingerprint density at radius 3 is 2.92 bits per heavy atom. The van der Waals surface area contributed by atoms with Gasteiger partial charge in [0.2, 0.25) is 0 Å². The summed E-state index contributed by atoms with van der Waals surface area (Å²) >= 11 is 0. The number of terminal acetylenes is 1. The molecule has 0 aliphatic rings. The van der Waals surface area contributed by atoms with Gasteiger partial charge in [-0.05, 0) is 25.1 Å². The van der Waals surface area contributed by atoms with Crippen molar-refractivity contribution in [2.45, 2.75) is 13.0 Å². The highest BCUT2D eigenvalue weighted by molar-refractivity contribution is 5.50. The third kappa shape index (κ3) is 2.54. The third-order valence-electron chi connectivity index (χ3n) is 1.62. The summed E-state index contributed by atoms with van der Waals surface area (Å²) in [6.45, 7) is 1.89. The lowest BCUT2D eigenvalue weighted by Gasteiger charge is -2.08. The minimum absolute atomic E-state index is 0.0195. The minimum atomic E-state index is -0.0195. The van der Waals surface area contributed by atoms with E-state index in [0.29, 0.717) is 5.56 Å². The highest BCUT2D eigenvalue weighted by Crippen LogP contribution is 2.10. The molecule has 1 N–H and O–H groups in total. The number of benzene rings is 1. The van der Waals surface area contributed by atoms with Gasteiger partial charge < -0.3 is 5.32 Å². The molecule has 0 aliphatic carbocycles. The van der Waals surface area contributed by atoms with Crippen molar-refractivity contribution in [2.75, 3.05) is 5.32 Å². The molecule has 64 valence electrons. The number of nitriles is 1. The van der Waals surface area contributed by atoms with Crippen molar-refractivity contribution in [3.8, 4) is 18.4 Å². The molecular formula is C11H10N2. The highest BCUT2D eigenvalue weighted by Gasteiger charge is 1.97. The molecule has 0 saturated heterocycles. The fourth-order valence-electron chi connectivity index (χ4n) is 0.970. The summed E-state index contributed by atoms with van der Waals surface area (Å²) in [6.07, 6.45) is 5.21. The quantitative estimate of drug-likeness (QED) is 0.689. The number of hydrogen-bond acceptors (Lipinski definition) is 2. The van der Waals surface area contributed by atoms with Crippen molar-refractivity contribution < 1.29 is 0 Å². The number of anilines is 1. The summed E-state index contributed by atoms with van der Waals surface area (Å²) in [5.74, 6) is 2.56. The lowest BCUT2D eigenvalue weighted by molar-refractivity contribution is 1.04. The van der Waals surface area contributed by atoms with Gasteiger partial charge in [0.1, 0.15) is 0 Å². The molecule has 0 bridgehead atoms. The van der Waals surface area contributed by atoms with Gasteiger partial charge in [-0.1, -0.05) is 12.0 Å². The number of nitrogens with one attached hydrogen (secondary N) is 1. The van der Waals surface area contributed by atoms with Crippen LogP contribution in [0.2, 0.25) is 0 Å². The molecule has 1 rings (SSSR count). The van der Waals surface area contributed by atoms with Gasteiger partial charge in [-0.25, -0.2) is 0 Å². The monoisotopic (exact) mass is 170 g/mol. The molecule has 0 aliphatic heterocycles. The first-order chi connectivity index (χ1) is 6.26. The third-order valence-corrected chi connectivity index (χ3v) is 1.62. The Labute approximate surface area is 78.2 Å². The van der Waals surface area contributed by atoms with Crippen LogP contribution >= 0.6 is 0 Å². The predicted octanol–water partition coefficient (Wildman–Crippen LogP) is 1.99. The first-order valence-electron chi connectivity index (χ1n) is 3.99. The zero-order chi connectivity index (χ0) is 9.68. The van der Waals surface area contributed by atoms with Crippen molar-refractivity contribution in [3.63, 3.8) is 0 Å². The maximum absolute atomic E-state index is 8.64. The number of rotatable bonds is 2. The maximum atomic E-state index is 8.64. The smallest absolute Gasteiger partial charge is 0.0992 e. The lowest BCUT2D eigenvalue weighted by Crippen LogP contribution is -2.11. The van der Waals surface area contributed by atoms with E-state index in [9.17, 15) is 0 Å². The molecule has 13 heavy (non-hydrogen) atoms. The lowest BCUT2D eigenvalue weighted by atomic mass is 10.2. The van der Waals surface area contributed by atoms with Crippen LogP contribution in [0.5, 0.6) is 0 Å². The van der Waals surface area contributed by atoms with Crippen LogP contribution in [0, 0.1) is 23.7 Å². The second-order valence-electron chi connectivity index (χ2n) is 2.73. The molecule has 0 spiro atoms. The molecule has 2 heteroatoms. The highest BCUT2D eigenvalue weighted by atomic mass is 14.9. The Kier molecular flexibility index (Phi) is 2.95. The fourth-order valence-corrected chi connectivity index (χ4v) is 0.970. The fraction of sp³-hybridized carbons (Fsp3) is 0.182. The van der Waals surface area contributed by atoms with Gasteiger partial charge in [-0.15, -0.1) is 6.42 Å². The molecular weight excluding hydrogens is 160 g/mol. The zero-order valence-electron chi connectivity index (χ0n) is 7.41.